The monoisotopic (exact) mass is 406 g/mol. The first kappa shape index (κ1) is 19.4. The minimum Gasteiger partial charge on any atom is -0.336 e. The number of likely N-dealkylation sites (tertiary alicyclic amines) is 1. The smallest absolute Gasteiger partial charge is 0.336 e. The van der Waals surface area contributed by atoms with E-state index in [-0.39, 0.29) is 30.4 Å². The molecule has 0 N–H and O–H groups in total. The van der Waals surface area contributed by atoms with E-state index in [9.17, 15) is 22.4 Å². The molecule has 0 bridgehead atoms. The number of aryl methyl sites for hydroxylation is 1. The molecular weight excluding hydrogens is 388 g/mol. The molecule has 1 aliphatic heterocycles. The first-order chi connectivity index (χ1) is 13.7. The Morgan fingerprint density at radius 2 is 1.83 bits per heavy atom. The van der Waals surface area contributed by atoms with E-state index >= 15 is 0 Å². The minimum absolute atomic E-state index is 0.0480. The number of rotatable bonds is 2. The molecule has 4 rings (SSSR count). The number of alkyl halides is 3. The third-order valence-corrected chi connectivity index (χ3v) is 5.28. The molecule has 1 saturated heterocycles. The molecule has 0 saturated carbocycles. The van der Waals surface area contributed by atoms with Gasteiger partial charge in [-0.1, -0.05) is 6.07 Å². The fourth-order valence-electron chi connectivity index (χ4n) is 3.81. The highest BCUT2D eigenvalue weighted by Crippen LogP contribution is 2.39. The van der Waals surface area contributed by atoms with Crippen molar-refractivity contribution in [2.45, 2.75) is 31.9 Å². The zero-order valence-electron chi connectivity index (χ0n) is 15.6. The number of hydrogen-bond donors (Lipinski definition) is 0. The van der Waals surface area contributed by atoms with Crippen LogP contribution in [0.5, 0.6) is 0 Å². The minimum atomic E-state index is -4.55. The average Bonchev–Trinajstić information content (AvgIpc) is 3.09. The third-order valence-electron chi connectivity index (χ3n) is 5.28. The van der Waals surface area contributed by atoms with Crippen molar-refractivity contribution in [2.75, 3.05) is 13.1 Å². The number of carbonyl (C=O) groups is 1. The van der Waals surface area contributed by atoms with Crippen LogP contribution in [-0.4, -0.2) is 38.5 Å². The number of amides is 1. The van der Waals surface area contributed by atoms with E-state index in [1.165, 1.54) is 0 Å². The van der Waals surface area contributed by atoms with Crippen molar-refractivity contribution in [1.29, 1.82) is 0 Å². The maximum Gasteiger partial charge on any atom is 0.416 e. The van der Waals surface area contributed by atoms with Crippen LogP contribution in [0.3, 0.4) is 0 Å². The van der Waals surface area contributed by atoms with Crippen LogP contribution in [-0.2, 0) is 6.18 Å². The van der Waals surface area contributed by atoms with E-state index < -0.39 is 23.5 Å². The number of piperidine rings is 1. The summed E-state index contributed by atoms with van der Waals surface area (Å²) in [5.74, 6) is -1.32. The van der Waals surface area contributed by atoms with Gasteiger partial charge in [0.15, 0.2) is 5.65 Å². The van der Waals surface area contributed by atoms with Crippen LogP contribution >= 0.6 is 0 Å². The van der Waals surface area contributed by atoms with Gasteiger partial charge in [-0.2, -0.15) is 13.2 Å². The zero-order valence-corrected chi connectivity index (χ0v) is 15.6. The van der Waals surface area contributed by atoms with Crippen molar-refractivity contribution in [3.63, 3.8) is 0 Å². The Morgan fingerprint density at radius 1 is 1.10 bits per heavy atom. The fourth-order valence-corrected chi connectivity index (χ4v) is 3.81. The molecule has 1 amide bonds. The van der Waals surface area contributed by atoms with E-state index in [0.717, 1.165) is 23.8 Å². The molecular formula is C20H18F4N4O. The van der Waals surface area contributed by atoms with Gasteiger partial charge in [0.05, 0.1) is 5.56 Å². The number of pyridine rings is 1. The Balaban J connectivity index is 1.53. The van der Waals surface area contributed by atoms with Gasteiger partial charge in [-0.3, -0.25) is 9.20 Å². The van der Waals surface area contributed by atoms with E-state index in [2.05, 4.69) is 10.2 Å². The van der Waals surface area contributed by atoms with Gasteiger partial charge in [-0.15, -0.1) is 10.2 Å². The van der Waals surface area contributed by atoms with Crippen LogP contribution < -0.4 is 0 Å². The van der Waals surface area contributed by atoms with Crippen LogP contribution in [0.1, 0.15) is 46.1 Å². The van der Waals surface area contributed by atoms with E-state index in [1.807, 2.05) is 13.0 Å². The lowest BCUT2D eigenvalue weighted by atomic mass is 9.86. The summed E-state index contributed by atoms with van der Waals surface area (Å²) in [6.07, 6.45) is -2.16. The molecule has 2 aromatic heterocycles. The van der Waals surface area contributed by atoms with Gasteiger partial charge in [0, 0.05) is 19.3 Å². The lowest BCUT2D eigenvalue weighted by Gasteiger charge is -2.32. The molecule has 1 aliphatic rings. The zero-order chi connectivity index (χ0) is 20.8. The summed E-state index contributed by atoms with van der Waals surface area (Å²) in [6.45, 7) is 2.41. The molecule has 0 atom stereocenters. The van der Waals surface area contributed by atoms with Crippen molar-refractivity contribution in [1.82, 2.24) is 19.5 Å². The molecule has 0 unspecified atom stereocenters. The lowest BCUT2D eigenvalue weighted by molar-refractivity contribution is -0.138. The van der Waals surface area contributed by atoms with E-state index in [0.29, 0.717) is 18.5 Å². The Labute approximate surface area is 164 Å². The maximum absolute atomic E-state index is 13.6. The fraction of sp³-hybridized carbons (Fsp3) is 0.350. The molecule has 0 aliphatic carbocycles. The number of aromatic nitrogens is 3. The number of nitrogens with zero attached hydrogens (tertiary/aromatic N) is 4. The van der Waals surface area contributed by atoms with Crippen LogP contribution in [0.25, 0.3) is 5.65 Å². The van der Waals surface area contributed by atoms with Crippen LogP contribution in [0.4, 0.5) is 17.6 Å². The average molecular weight is 406 g/mol. The second kappa shape index (κ2) is 7.13. The maximum atomic E-state index is 13.6. The quantitative estimate of drug-likeness (QED) is 0.599. The molecule has 9 heteroatoms. The predicted octanol–water partition coefficient (Wildman–Crippen LogP) is 4.22. The second-order valence-corrected chi connectivity index (χ2v) is 7.25. The Kier molecular flexibility index (Phi) is 4.76. The SMILES string of the molecule is Cc1ccc2nnc(C(=O)N3CCC(c4cc(F)ccc4C(F)(F)F)CC3)n2c1. The normalized spacial score (nSPS) is 15.8. The Morgan fingerprint density at radius 3 is 2.52 bits per heavy atom. The number of hydrogen-bond acceptors (Lipinski definition) is 3. The third kappa shape index (κ3) is 3.68. The van der Waals surface area contributed by atoms with Gasteiger partial charge in [0.2, 0.25) is 5.82 Å². The molecule has 3 aromatic rings. The standard InChI is InChI=1S/C20H18F4N4O/c1-12-2-5-17-25-26-18(28(17)11-12)19(29)27-8-6-13(7-9-27)15-10-14(21)3-4-16(15)20(22,23)24/h2-5,10-11,13H,6-9H2,1H3. The van der Waals surface area contributed by atoms with Crippen molar-refractivity contribution in [2.24, 2.45) is 0 Å². The molecule has 152 valence electrons. The van der Waals surface area contributed by atoms with Gasteiger partial charge in [0.25, 0.3) is 5.91 Å². The van der Waals surface area contributed by atoms with Crippen molar-refractivity contribution < 1.29 is 22.4 Å². The van der Waals surface area contributed by atoms with Gasteiger partial charge in [-0.25, -0.2) is 4.39 Å². The number of benzene rings is 1. The number of halogens is 4. The number of fused-ring (bicyclic) bond motifs is 1. The molecule has 1 aromatic carbocycles. The molecule has 0 spiro atoms. The topological polar surface area (TPSA) is 50.5 Å². The van der Waals surface area contributed by atoms with Gasteiger partial charge >= 0.3 is 6.18 Å². The van der Waals surface area contributed by atoms with Crippen molar-refractivity contribution >= 4 is 11.6 Å². The summed E-state index contributed by atoms with van der Waals surface area (Å²) in [6, 6.07) is 6.19. The predicted molar refractivity (Wildman–Crippen MR) is 97.0 cm³/mol. The van der Waals surface area contributed by atoms with Crippen LogP contribution in [0.15, 0.2) is 36.5 Å². The highest BCUT2D eigenvalue weighted by atomic mass is 19.4. The van der Waals surface area contributed by atoms with Gasteiger partial charge in [0.1, 0.15) is 5.82 Å². The summed E-state index contributed by atoms with van der Waals surface area (Å²) in [5.41, 5.74) is 0.620. The summed E-state index contributed by atoms with van der Waals surface area (Å²) in [7, 11) is 0. The van der Waals surface area contributed by atoms with Crippen molar-refractivity contribution in [3.8, 4) is 0 Å². The van der Waals surface area contributed by atoms with Gasteiger partial charge < -0.3 is 4.90 Å². The van der Waals surface area contributed by atoms with Crippen LogP contribution in [0, 0.1) is 12.7 Å². The largest absolute Gasteiger partial charge is 0.416 e. The summed E-state index contributed by atoms with van der Waals surface area (Å²) in [4.78, 5) is 14.4. The summed E-state index contributed by atoms with van der Waals surface area (Å²) in [5, 5.41) is 7.96. The Bertz CT molecular complexity index is 1070. The van der Waals surface area contributed by atoms with E-state index in [4.69, 9.17) is 0 Å². The van der Waals surface area contributed by atoms with Gasteiger partial charge in [-0.05, 0) is 61.1 Å². The lowest BCUT2D eigenvalue weighted by Crippen LogP contribution is -2.39. The molecule has 1 fully saturated rings. The molecule has 3 heterocycles. The van der Waals surface area contributed by atoms with Crippen LogP contribution in [0.2, 0.25) is 0 Å². The molecule has 0 radical (unpaired) electrons. The summed E-state index contributed by atoms with van der Waals surface area (Å²) < 4.78 is 55.1. The second-order valence-electron chi connectivity index (χ2n) is 7.25. The number of carbonyl (C=O) groups excluding carboxylic acids is 1. The first-order valence-corrected chi connectivity index (χ1v) is 9.21. The highest BCUT2D eigenvalue weighted by molar-refractivity contribution is 5.91. The molecule has 29 heavy (non-hydrogen) atoms. The van der Waals surface area contributed by atoms with E-state index in [1.54, 1.807) is 21.6 Å². The molecule has 5 nitrogen and oxygen atoms in total. The summed E-state index contributed by atoms with van der Waals surface area (Å²) >= 11 is 0. The Hall–Kier alpha value is -2.97. The first-order valence-electron chi connectivity index (χ1n) is 9.21. The highest BCUT2D eigenvalue weighted by Gasteiger charge is 2.37. The van der Waals surface area contributed by atoms with Crippen molar-refractivity contribution in [3.05, 3.63) is 64.9 Å².